The van der Waals surface area contributed by atoms with Crippen LogP contribution in [0.3, 0.4) is 0 Å². The van der Waals surface area contributed by atoms with Gasteiger partial charge in [0.05, 0.1) is 18.8 Å². The number of nitrogens with one attached hydrogen (secondary N) is 1. The number of nitrogens with zero attached hydrogens (tertiary/aromatic N) is 1. The Labute approximate surface area is 111 Å². The van der Waals surface area contributed by atoms with Crippen LogP contribution in [0.5, 0.6) is 0 Å². The van der Waals surface area contributed by atoms with E-state index >= 15 is 0 Å². The van der Waals surface area contributed by atoms with Gasteiger partial charge in [-0.05, 0) is 45.6 Å². The molecule has 1 saturated carbocycles. The first-order valence-corrected chi connectivity index (χ1v) is 7.39. The van der Waals surface area contributed by atoms with Crippen LogP contribution in [0.4, 0.5) is 0 Å². The summed E-state index contributed by atoms with van der Waals surface area (Å²) in [6, 6.07) is 0.612. The number of morpholine rings is 1. The van der Waals surface area contributed by atoms with Crippen molar-refractivity contribution in [3.8, 4) is 0 Å². The molecule has 1 saturated heterocycles. The predicted molar refractivity (Wildman–Crippen MR) is 72.7 cm³/mol. The molecule has 0 aromatic rings. The molecule has 0 aromatic heterocycles. The second-order valence-electron chi connectivity index (χ2n) is 6.07. The lowest BCUT2D eigenvalue weighted by atomic mass is 10.1. The Hall–Kier alpha value is -0.160. The second kappa shape index (κ2) is 6.85. The molecule has 3 atom stereocenters. The fourth-order valence-corrected chi connectivity index (χ4v) is 3.02. The predicted octanol–water partition coefficient (Wildman–Crippen LogP) is 0.846. The van der Waals surface area contributed by atoms with E-state index in [0.29, 0.717) is 18.1 Å². The lowest BCUT2D eigenvalue weighted by Gasteiger charge is -2.35. The van der Waals surface area contributed by atoms with E-state index in [2.05, 4.69) is 24.1 Å². The Morgan fingerprint density at radius 1 is 1.33 bits per heavy atom. The van der Waals surface area contributed by atoms with Gasteiger partial charge in [-0.1, -0.05) is 0 Å². The maximum absolute atomic E-state index is 9.48. The molecule has 0 bridgehead atoms. The molecule has 1 aliphatic heterocycles. The first-order valence-electron chi connectivity index (χ1n) is 7.39. The minimum atomic E-state index is -0.0563. The molecule has 0 aromatic carbocycles. The van der Waals surface area contributed by atoms with Gasteiger partial charge >= 0.3 is 0 Å². The largest absolute Gasteiger partial charge is 0.393 e. The molecule has 2 fully saturated rings. The van der Waals surface area contributed by atoms with Crippen LogP contribution >= 0.6 is 0 Å². The van der Waals surface area contributed by atoms with Crippen molar-refractivity contribution in [2.24, 2.45) is 5.92 Å². The SMILES string of the molecule is CC(C)N1CCOC(CNCC2CCC(O)C2)C1. The van der Waals surface area contributed by atoms with Gasteiger partial charge in [0.2, 0.25) is 0 Å². The van der Waals surface area contributed by atoms with Gasteiger partial charge in [-0.2, -0.15) is 0 Å². The Kier molecular flexibility index (Phi) is 5.42. The number of aliphatic hydroxyl groups is 1. The topological polar surface area (TPSA) is 44.7 Å². The van der Waals surface area contributed by atoms with Gasteiger partial charge in [-0.3, -0.25) is 4.90 Å². The van der Waals surface area contributed by atoms with Gasteiger partial charge in [-0.15, -0.1) is 0 Å². The summed E-state index contributed by atoms with van der Waals surface area (Å²) in [4.78, 5) is 2.48. The van der Waals surface area contributed by atoms with Gasteiger partial charge in [-0.25, -0.2) is 0 Å². The third-order valence-electron chi connectivity index (χ3n) is 4.22. The highest BCUT2D eigenvalue weighted by atomic mass is 16.5. The zero-order valence-corrected chi connectivity index (χ0v) is 11.8. The van der Waals surface area contributed by atoms with Crippen LogP contribution in [0.25, 0.3) is 0 Å². The van der Waals surface area contributed by atoms with E-state index in [1.165, 1.54) is 0 Å². The van der Waals surface area contributed by atoms with Crippen LogP contribution in [0.1, 0.15) is 33.1 Å². The highest BCUT2D eigenvalue weighted by molar-refractivity contribution is 4.79. The molecule has 2 N–H and O–H groups in total. The van der Waals surface area contributed by atoms with Crippen molar-refractivity contribution in [1.29, 1.82) is 0 Å². The van der Waals surface area contributed by atoms with Gasteiger partial charge in [0.15, 0.2) is 0 Å². The molecule has 2 aliphatic rings. The molecule has 0 amide bonds. The van der Waals surface area contributed by atoms with Crippen molar-refractivity contribution in [3.63, 3.8) is 0 Å². The number of hydrogen-bond acceptors (Lipinski definition) is 4. The first kappa shape index (κ1) is 14.3. The van der Waals surface area contributed by atoms with E-state index in [1.807, 2.05) is 0 Å². The second-order valence-corrected chi connectivity index (χ2v) is 6.07. The molecule has 4 heteroatoms. The Morgan fingerprint density at radius 2 is 2.17 bits per heavy atom. The van der Waals surface area contributed by atoms with Crippen molar-refractivity contribution in [3.05, 3.63) is 0 Å². The van der Waals surface area contributed by atoms with Crippen molar-refractivity contribution >= 4 is 0 Å². The van der Waals surface area contributed by atoms with Crippen molar-refractivity contribution in [2.45, 2.75) is 51.4 Å². The van der Waals surface area contributed by atoms with E-state index in [1.54, 1.807) is 0 Å². The molecule has 0 spiro atoms. The highest BCUT2D eigenvalue weighted by Crippen LogP contribution is 2.24. The molecular weight excluding hydrogens is 228 g/mol. The Balaban J connectivity index is 1.61. The van der Waals surface area contributed by atoms with E-state index in [-0.39, 0.29) is 6.10 Å². The van der Waals surface area contributed by atoms with Crippen LogP contribution < -0.4 is 5.32 Å². The molecule has 2 rings (SSSR count). The van der Waals surface area contributed by atoms with Crippen LogP contribution in [-0.2, 0) is 4.74 Å². The Morgan fingerprint density at radius 3 is 2.83 bits per heavy atom. The van der Waals surface area contributed by atoms with E-state index in [4.69, 9.17) is 4.74 Å². The molecule has 1 heterocycles. The summed E-state index contributed by atoms with van der Waals surface area (Å²) < 4.78 is 5.79. The van der Waals surface area contributed by atoms with Gasteiger partial charge in [0, 0.05) is 25.7 Å². The molecular formula is C14H28N2O2. The molecule has 1 aliphatic carbocycles. The summed E-state index contributed by atoms with van der Waals surface area (Å²) >= 11 is 0. The average molecular weight is 256 g/mol. The maximum atomic E-state index is 9.48. The van der Waals surface area contributed by atoms with Gasteiger partial charge in [0.1, 0.15) is 0 Å². The fraction of sp³-hybridized carbons (Fsp3) is 1.00. The third-order valence-corrected chi connectivity index (χ3v) is 4.22. The van der Waals surface area contributed by atoms with E-state index in [0.717, 1.165) is 52.0 Å². The van der Waals surface area contributed by atoms with Crippen LogP contribution in [-0.4, -0.2) is 61.0 Å². The normalized spacial score (nSPS) is 34.3. The summed E-state index contributed by atoms with van der Waals surface area (Å²) in [5, 5.41) is 13.0. The van der Waals surface area contributed by atoms with Crippen molar-refractivity contribution < 1.29 is 9.84 Å². The average Bonchev–Trinajstić information content (AvgIpc) is 2.75. The number of rotatable bonds is 5. The quantitative estimate of drug-likeness (QED) is 0.765. The zero-order chi connectivity index (χ0) is 13.0. The monoisotopic (exact) mass is 256 g/mol. The standard InChI is InChI=1S/C14H28N2O2/c1-11(2)16-5-6-18-14(10-16)9-15-8-12-3-4-13(17)7-12/h11-15,17H,3-10H2,1-2H3. The summed E-state index contributed by atoms with van der Waals surface area (Å²) in [5.74, 6) is 0.657. The van der Waals surface area contributed by atoms with Crippen LogP contribution in [0.15, 0.2) is 0 Å². The minimum absolute atomic E-state index is 0.0563. The van der Waals surface area contributed by atoms with Gasteiger partial charge in [0.25, 0.3) is 0 Å². The van der Waals surface area contributed by atoms with Crippen molar-refractivity contribution in [2.75, 3.05) is 32.8 Å². The van der Waals surface area contributed by atoms with Gasteiger partial charge < -0.3 is 15.2 Å². The maximum Gasteiger partial charge on any atom is 0.0826 e. The van der Waals surface area contributed by atoms with E-state index < -0.39 is 0 Å². The number of aliphatic hydroxyl groups excluding tert-OH is 1. The number of ether oxygens (including phenoxy) is 1. The summed E-state index contributed by atoms with van der Waals surface area (Å²) in [7, 11) is 0. The zero-order valence-electron chi connectivity index (χ0n) is 11.8. The lowest BCUT2D eigenvalue weighted by molar-refractivity contribution is -0.0373. The summed E-state index contributed by atoms with van der Waals surface area (Å²) in [5.41, 5.74) is 0. The summed E-state index contributed by atoms with van der Waals surface area (Å²) in [6.07, 6.45) is 3.38. The molecule has 106 valence electrons. The van der Waals surface area contributed by atoms with Crippen molar-refractivity contribution in [1.82, 2.24) is 10.2 Å². The lowest BCUT2D eigenvalue weighted by Crippen LogP contribution is -2.49. The minimum Gasteiger partial charge on any atom is -0.393 e. The highest BCUT2D eigenvalue weighted by Gasteiger charge is 2.24. The molecule has 0 radical (unpaired) electrons. The summed E-state index contributed by atoms with van der Waals surface area (Å²) in [6.45, 7) is 9.41. The number of hydrogen-bond donors (Lipinski definition) is 2. The molecule has 3 unspecified atom stereocenters. The first-order chi connectivity index (χ1) is 8.65. The van der Waals surface area contributed by atoms with Crippen LogP contribution in [0, 0.1) is 5.92 Å². The Bertz CT molecular complexity index is 248. The molecule has 4 nitrogen and oxygen atoms in total. The van der Waals surface area contributed by atoms with E-state index in [9.17, 15) is 5.11 Å². The third kappa shape index (κ3) is 4.19. The van der Waals surface area contributed by atoms with Crippen LogP contribution in [0.2, 0.25) is 0 Å². The molecule has 18 heavy (non-hydrogen) atoms. The fourth-order valence-electron chi connectivity index (χ4n) is 3.02. The smallest absolute Gasteiger partial charge is 0.0826 e.